The quantitative estimate of drug-likeness (QED) is 0.368. The second kappa shape index (κ2) is 4.32. The van der Waals surface area contributed by atoms with Crippen molar-refractivity contribution in [2.24, 2.45) is 0 Å². The number of alkyl halides is 1. The summed E-state index contributed by atoms with van der Waals surface area (Å²) in [6.45, 7) is 0. The molecule has 15 heavy (non-hydrogen) atoms. The number of rotatable bonds is 2. The molecule has 0 aliphatic carbocycles. The molecule has 1 aromatic carbocycles. The van der Waals surface area contributed by atoms with E-state index in [1.807, 2.05) is 0 Å². The molecule has 0 radical (unpaired) electrons. The SMILES string of the molecule is O[C@H](CCl)c1c(F)c(F)c(F)c(F)c1F. The number of aliphatic hydroxyl groups is 1. The number of hydrogen-bond donors (Lipinski definition) is 1. The molecule has 84 valence electrons. The van der Waals surface area contributed by atoms with E-state index in [0.717, 1.165) is 0 Å². The predicted octanol–water partition coefficient (Wildman–Crippen LogP) is 2.65. The molecule has 0 unspecified atom stereocenters. The van der Waals surface area contributed by atoms with Gasteiger partial charge in [0.2, 0.25) is 5.82 Å². The summed E-state index contributed by atoms with van der Waals surface area (Å²) in [4.78, 5) is 0. The number of hydrogen-bond acceptors (Lipinski definition) is 1. The summed E-state index contributed by atoms with van der Waals surface area (Å²) >= 11 is 5.05. The predicted molar refractivity (Wildman–Crippen MR) is 41.9 cm³/mol. The van der Waals surface area contributed by atoms with Gasteiger partial charge in [0.05, 0.1) is 17.5 Å². The second-order valence-electron chi connectivity index (χ2n) is 2.65. The van der Waals surface area contributed by atoms with E-state index in [-0.39, 0.29) is 0 Å². The highest BCUT2D eigenvalue weighted by atomic mass is 35.5. The minimum atomic E-state index is -2.27. The Labute approximate surface area is 86.1 Å². The lowest BCUT2D eigenvalue weighted by Gasteiger charge is -2.11. The molecule has 0 heterocycles. The van der Waals surface area contributed by atoms with Gasteiger partial charge in [-0.2, -0.15) is 0 Å². The van der Waals surface area contributed by atoms with Crippen molar-refractivity contribution < 1.29 is 27.1 Å². The molecule has 0 bridgehead atoms. The molecule has 7 heteroatoms. The smallest absolute Gasteiger partial charge is 0.200 e. The molecule has 0 fully saturated rings. The summed E-state index contributed by atoms with van der Waals surface area (Å²) in [5.41, 5.74) is -1.32. The number of benzene rings is 1. The molecule has 0 aliphatic heterocycles. The fourth-order valence-electron chi connectivity index (χ4n) is 0.992. The fraction of sp³-hybridized carbons (Fsp3) is 0.250. The van der Waals surface area contributed by atoms with E-state index in [1.54, 1.807) is 0 Å². The van der Waals surface area contributed by atoms with Crippen LogP contribution in [0.4, 0.5) is 22.0 Å². The van der Waals surface area contributed by atoms with E-state index in [1.165, 1.54) is 0 Å². The molecule has 0 saturated heterocycles. The molecule has 1 aromatic rings. The molecule has 1 nitrogen and oxygen atoms in total. The third-order valence-electron chi connectivity index (χ3n) is 1.72. The van der Waals surface area contributed by atoms with E-state index in [2.05, 4.69) is 0 Å². The normalized spacial score (nSPS) is 13.0. The van der Waals surface area contributed by atoms with Crippen LogP contribution in [0.5, 0.6) is 0 Å². The summed E-state index contributed by atoms with van der Waals surface area (Å²) in [6, 6.07) is 0. The van der Waals surface area contributed by atoms with Gasteiger partial charge in [-0.3, -0.25) is 0 Å². The molecule has 0 saturated carbocycles. The maximum atomic E-state index is 12.9. The highest BCUT2D eigenvalue weighted by Crippen LogP contribution is 2.28. The highest BCUT2D eigenvalue weighted by molar-refractivity contribution is 6.18. The highest BCUT2D eigenvalue weighted by Gasteiger charge is 2.28. The average molecular weight is 247 g/mol. The Morgan fingerprint density at radius 3 is 1.53 bits per heavy atom. The largest absolute Gasteiger partial charge is 0.387 e. The van der Waals surface area contributed by atoms with Gasteiger partial charge in [-0.1, -0.05) is 0 Å². The molecular formula is C8H4ClF5O. The molecule has 1 N–H and O–H groups in total. The molecule has 1 rings (SSSR count). The lowest BCUT2D eigenvalue weighted by Crippen LogP contribution is -2.12. The van der Waals surface area contributed by atoms with Gasteiger partial charge in [-0.15, -0.1) is 11.6 Å². The van der Waals surface area contributed by atoms with Crippen LogP contribution in [0.1, 0.15) is 11.7 Å². The maximum Gasteiger partial charge on any atom is 0.200 e. The van der Waals surface area contributed by atoms with Crippen LogP contribution in [0.25, 0.3) is 0 Å². The zero-order chi connectivity index (χ0) is 11.7. The minimum Gasteiger partial charge on any atom is -0.387 e. The molecule has 1 atom stereocenters. The standard InChI is InChI=1S/C8H4ClF5O/c9-1-2(15)3-4(10)6(12)8(14)7(13)5(3)11/h2,15H,1H2/t2-/m1/s1. The monoisotopic (exact) mass is 246 g/mol. The molecule has 0 spiro atoms. The van der Waals surface area contributed by atoms with Crippen molar-refractivity contribution in [2.45, 2.75) is 6.10 Å². The van der Waals surface area contributed by atoms with Gasteiger partial charge in [0, 0.05) is 0 Å². The van der Waals surface area contributed by atoms with Gasteiger partial charge >= 0.3 is 0 Å². The Kier molecular flexibility index (Phi) is 3.51. The first-order chi connectivity index (χ1) is 6.91. The van der Waals surface area contributed by atoms with Crippen LogP contribution in [0.3, 0.4) is 0 Å². The molecule has 0 aromatic heterocycles. The zero-order valence-corrected chi connectivity index (χ0v) is 7.76. The van der Waals surface area contributed by atoms with Crippen LogP contribution in [0, 0.1) is 29.1 Å². The first-order valence-corrected chi connectivity index (χ1v) is 4.20. The molecular weight excluding hydrogens is 243 g/mol. The van der Waals surface area contributed by atoms with Crippen LogP contribution >= 0.6 is 11.6 Å². The van der Waals surface area contributed by atoms with Crippen LogP contribution < -0.4 is 0 Å². The van der Waals surface area contributed by atoms with Crippen LogP contribution in [-0.2, 0) is 0 Å². The fourth-order valence-corrected chi connectivity index (χ4v) is 1.15. The number of aliphatic hydroxyl groups excluding tert-OH is 1. The topological polar surface area (TPSA) is 20.2 Å². The van der Waals surface area contributed by atoms with Crippen molar-refractivity contribution in [3.05, 3.63) is 34.6 Å². The Bertz CT molecular complexity index is 366. The second-order valence-corrected chi connectivity index (χ2v) is 2.96. The van der Waals surface area contributed by atoms with Crippen LogP contribution in [-0.4, -0.2) is 11.0 Å². The Morgan fingerprint density at radius 1 is 0.867 bits per heavy atom. The summed E-state index contributed by atoms with van der Waals surface area (Å²) in [7, 11) is 0. The van der Waals surface area contributed by atoms with Gasteiger partial charge in [0.1, 0.15) is 0 Å². The van der Waals surface area contributed by atoms with Gasteiger partial charge < -0.3 is 5.11 Å². The Morgan fingerprint density at radius 2 is 1.20 bits per heavy atom. The van der Waals surface area contributed by atoms with Crippen molar-refractivity contribution in [1.29, 1.82) is 0 Å². The van der Waals surface area contributed by atoms with E-state index < -0.39 is 46.6 Å². The third-order valence-corrected chi connectivity index (χ3v) is 2.02. The van der Waals surface area contributed by atoms with Gasteiger partial charge in [-0.25, -0.2) is 22.0 Å². The van der Waals surface area contributed by atoms with Crippen molar-refractivity contribution in [3.63, 3.8) is 0 Å². The van der Waals surface area contributed by atoms with Gasteiger partial charge in [-0.05, 0) is 0 Å². The molecule has 0 amide bonds. The van der Waals surface area contributed by atoms with Crippen molar-refractivity contribution in [1.82, 2.24) is 0 Å². The van der Waals surface area contributed by atoms with Gasteiger partial charge in [0.25, 0.3) is 0 Å². The first-order valence-electron chi connectivity index (χ1n) is 3.67. The van der Waals surface area contributed by atoms with Crippen molar-refractivity contribution in [2.75, 3.05) is 5.88 Å². The molecule has 0 aliphatic rings. The van der Waals surface area contributed by atoms with Crippen molar-refractivity contribution >= 4 is 11.6 Å². The minimum absolute atomic E-state index is 0.682. The van der Waals surface area contributed by atoms with E-state index in [9.17, 15) is 22.0 Å². The van der Waals surface area contributed by atoms with Crippen LogP contribution in [0.2, 0.25) is 0 Å². The van der Waals surface area contributed by atoms with E-state index in [0.29, 0.717) is 0 Å². The van der Waals surface area contributed by atoms with Gasteiger partial charge in [0.15, 0.2) is 23.3 Å². The van der Waals surface area contributed by atoms with E-state index >= 15 is 0 Å². The third kappa shape index (κ3) is 1.91. The summed E-state index contributed by atoms with van der Waals surface area (Å²) in [6.07, 6.45) is -1.95. The van der Waals surface area contributed by atoms with E-state index in [4.69, 9.17) is 16.7 Å². The Balaban J connectivity index is 3.52. The first kappa shape index (κ1) is 12.2. The number of halogens is 6. The summed E-state index contributed by atoms with van der Waals surface area (Å²) in [5.74, 6) is -11.3. The summed E-state index contributed by atoms with van der Waals surface area (Å²) < 4.78 is 63.5. The maximum absolute atomic E-state index is 12.9. The van der Waals surface area contributed by atoms with Crippen molar-refractivity contribution in [3.8, 4) is 0 Å². The lowest BCUT2D eigenvalue weighted by molar-refractivity contribution is 0.186. The lowest BCUT2D eigenvalue weighted by atomic mass is 10.1. The van der Waals surface area contributed by atoms with Crippen LogP contribution in [0.15, 0.2) is 0 Å². The zero-order valence-electron chi connectivity index (χ0n) is 7.00. The Hall–Kier alpha value is -0.880. The average Bonchev–Trinajstić information content (AvgIpc) is 2.23. The summed E-state index contributed by atoms with van der Waals surface area (Å²) in [5, 5.41) is 8.96.